The van der Waals surface area contributed by atoms with Gasteiger partial charge in [0.05, 0.1) is 5.75 Å². The summed E-state index contributed by atoms with van der Waals surface area (Å²) in [6, 6.07) is 8.00. The molecule has 16 heavy (non-hydrogen) atoms. The third kappa shape index (κ3) is 4.66. The first-order valence-corrected chi connectivity index (χ1v) is 7.50. The van der Waals surface area contributed by atoms with Gasteiger partial charge in [-0.05, 0) is 31.0 Å². The number of nitrogens with one attached hydrogen (secondary N) is 1. The van der Waals surface area contributed by atoms with E-state index in [2.05, 4.69) is 24.4 Å². The lowest BCUT2D eigenvalue weighted by atomic mass is 10.1. The van der Waals surface area contributed by atoms with E-state index in [9.17, 15) is 8.42 Å². The molecule has 1 N–H and O–H groups in total. The highest BCUT2D eigenvalue weighted by molar-refractivity contribution is 7.90. The lowest BCUT2D eigenvalue weighted by molar-refractivity contribution is 0.598. The molecule has 1 unspecified atom stereocenters. The van der Waals surface area contributed by atoms with Crippen molar-refractivity contribution in [2.24, 2.45) is 0 Å². The lowest BCUT2D eigenvalue weighted by Crippen LogP contribution is -2.24. The van der Waals surface area contributed by atoms with E-state index >= 15 is 0 Å². The molecule has 0 radical (unpaired) electrons. The van der Waals surface area contributed by atoms with Crippen LogP contribution in [0.3, 0.4) is 0 Å². The summed E-state index contributed by atoms with van der Waals surface area (Å²) in [6.45, 7) is 3.98. The van der Waals surface area contributed by atoms with Gasteiger partial charge >= 0.3 is 0 Å². The van der Waals surface area contributed by atoms with E-state index in [1.54, 1.807) is 0 Å². The molecule has 0 bridgehead atoms. The van der Waals surface area contributed by atoms with Crippen molar-refractivity contribution in [1.82, 2.24) is 0 Å². The molecule has 0 saturated carbocycles. The summed E-state index contributed by atoms with van der Waals surface area (Å²) in [7, 11) is -2.92. The summed E-state index contributed by atoms with van der Waals surface area (Å²) in [5.41, 5.74) is 2.25. The summed E-state index contributed by atoms with van der Waals surface area (Å²) >= 11 is 0. The first-order valence-electron chi connectivity index (χ1n) is 5.44. The van der Waals surface area contributed by atoms with E-state index in [1.165, 1.54) is 11.8 Å². The minimum atomic E-state index is -2.92. The van der Waals surface area contributed by atoms with E-state index in [0.717, 1.165) is 12.1 Å². The predicted octanol–water partition coefficient (Wildman–Crippen LogP) is 2.09. The van der Waals surface area contributed by atoms with Crippen LogP contribution in [0.25, 0.3) is 0 Å². The number of aryl methyl sites for hydroxylation is 1. The second kappa shape index (κ2) is 5.34. The molecule has 0 aromatic heterocycles. The SMILES string of the molecule is CCc1ccc(NC(C)CS(C)(=O)=O)cc1. The number of sulfone groups is 1. The number of hydrogen-bond acceptors (Lipinski definition) is 3. The maximum absolute atomic E-state index is 11.1. The fourth-order valence-electron chi connectivity index (χ4n) is 1.62. The van der Waals surface area contributed by atoms with Crippen LogP contribution in [-0.2, 0) is 16.3 Å². The van der Waals surface area contributed by atoms with Crippen LogP contribution < -0.4 is 5.32 Å². The minimum absolute atomic E-state index is 0.0672. The van der Waals surface area contributed by atoms with E-state index in [0.29, 0.717) is 0 Å². The fourth-order valence-corrected chi connectivity index (χ4v) is 2.61. The topological polar surface area (TPSA) is 46.2 Å². The Bertz CT molecular complexity index is 423. The Morgan fingerprint density at radius 2 is 1.81 bits per heavy atom. The van der Waals surface area contributed by atoms with Gasteiger partial charge < -0.3 is 5.32 Å². The van der Waals surface area contributed by atoms with Gasteiger partial charge in [-0.3, -0.25) is 0 Å². The van der Waals surface area contributed by atoms with Crippen LogP contribution in [0.2, 0.25) is 0 Å². The zero-order chi connectivity index (χ0) is 12.2. The van der Waals surface area contributed by atoms with Crippen LogP contribution in [0.4, 0.5) is 5.69 Å². The van der Waals surface area contributed by atoms with Gasteiger partial charge in [-0.1, -0.05) is 19.1 Å². The zero-order valence-corrected chi connectivity index (χ0v) is 10.8. The van der Waals surface area contributed by atoms with Crippen molar-refractivity contribution in [1.29, 1.82) is 0 Å². The molecule has 1 rings (SSSR count). The summed E-state index contributed by atoms with van der Waals surface area (Å²) in [5.74, 6) is 0.155. The molecule has 4 heteroatoms. The van der Waals surface area contributed by atoms with Gasteiger partial charge in [0.25, 0.3) is 0 Å². The quantitative estimate of drug-likeness (QED) is 0.858. The van der Waals surface area contributed by atoms with Crippen molar-refractivity contribution in [3.05, 3.63) is 29.8 Å². The number of hydrogen-bond donors (Lipinski definition) is 1. The second-order valence-electron chi connectivity index (χ2n) is 4.19. The molecular formula is C12H19NO2S. The van der Waals surface area contributed by atoms with Crippen LogP contribution in [0.15, 0.2) is 24.3 Å². The maximum atomic E-state index is 11.1. The molecule has 0 spiro atoms. The molecule has 0 aliphatic rings. The van der Waals surface area contributed by atoms with Crippen LogP contribution in [0.1, 0.15) is 19.4 Å². The van der Waals surface area contributed by atoms with Crippen molar-refractivity contribution >= 4 is 15.5 Å². The lowest BCUT2D eigenvalue weighted by Gasteiger charge is -2.14. The molecule has 1 aromatic carbocycles. The molecular weight excluding hydrogens is 222 g/mol. The third-order valence-corrected chi connectivity index (χ3v) is 3.43. The molecule has 0 fully saturated rings. The fraction of sp³-hybridized carbons (Fsp3) is 0.500. The molecule has 0 saturated heterocycles. The van der Waals surface area contributed by atoms with Crippen molar-refractivity contribution in [3.63, 3.8) is 0 Å². The van der Waals surface area contributed by atoms with Crippen LogP contribution in [-0.4, -0.2) is 26.5 Å². The van der Waals surface area contributed by atoms with Crippen molar-refractivity contribution in [3.8, 4) is 0 Å². The monoisotopic (exact) mass is 241 g/mol. The van der Waals surface area contributed by atoms with Crippen molar-refractivity contribution in [2.75, 3.05) is 17.3 Å². The average molecular weight is 241 g/mol. The highest BCUT2D eigenvalue weighted by Gasteiger charge is 2.09. The summed E-state index contributed by atoms with van der Waals surface area (Å²) in [5, 5.41) is 3.17. The summed E-state index contributed by atoms with van der Waals surface area (Å²) in [6.07, 6.45) is 2.27. The normalized spacial score (nSPS) is 13.4. The third-order valence-electron chi connectivity index (χ3n) is 2.33. The maximum Gasteiger partial charge on any atom is 0.149 e. The van der Waals surface area contributed by atoms with Crippen LogP contribution in [0.5, 0.6) is 0 Å². The highest BCUT2D eigenvalue weighted by atomic mass is 32.2. The predicted molar refractivity (Wildman–Crippen MR) is 68.6 cm³/mol. The van der Waals surface area contributed by atoms with Gasteiger partial charge in [0.2, 0.25) is 0 Å². The van der Waals surface area contributed by atoms with E-state index < -0.39 is 9.84 Å². The van der Waals surface area contributed by atoms with Gasteiger partial charge in [-0.25, -0.2) is 8.42 Å². The van der Waals surface area contributed by atoms with Gasteiger partial charge in [0.1, 0.15) is 9.84 Å². The number of benzene rings is 1. The van der Waals surface area contributed by atoms with E-state index in [-0.39, 0.29) is 11.8 Å². The first-order chi connectivity index (χ1) is 7.40. The Morgan fingerprint density at radius 3 is 2.25 bits per heavy atom. The summed E-state index contributed by atoms with van der Waals surface area (Å²) in [4.78, 5) is 0. The molecule has 0 aliphatic carbocycles. The average Bonchev–Trinajstić information content (AvgIpc) is 2.16. The Morgan fingerprint density at radius 1 is 1.25 bits per heavy atom. The number of anilines is 1. The molecule has 0 amide bonds. The van der Waals surface area contributed by atoms with Crippen LogP contribution >= 0.6 is 0 Å². The Balaban J connectivity index is 2.59. The largest absolute Gasteiger partial charge is 0.382 e. The Kier molecular flexibility index (Phi) is 4.35. The van der Waals surface area contributed by atoms with Gasteiger partial charge in [0.15, 0.2) is 0 Å². The first kappa shape index (κ1) is 13.0. The van der Waals surface area contributed by atoms with Gasteiger partial charge in [-0.2, -0.15) is 0 Å². The van der Waals surface area contributed by atoms with Crippen LogP contribution in [0, 0.1) is 0 Å². The molecule has 0 aliphatic heterocycles. The molecule has 90 valence electrons. The summed E-state index contributed by atoms with van der Waals surface area (Å²) < 4.78 is 22.2. The van der Waals surface area contributed by atoms with E-state index in [4.69, 9.17) is 0 Å². The highest BCUT2D eigenvalue weighted by Crippen LogP contribution is 2.11. The van der Waals surface area contributed by atoms with Crippen molar-refractivity contribution < 1.29 is 8.42 Å². The second-order valence-corrected chi connectivity index (χ2v) is 6.37. The smallest absolute Gasteiger partial charge is 0.149 e. The van der Waals surface area contributed by atoms with E-state index in [1.807, 2.05) is 19.1 Å². The molecule has 1 atom stereocenters. The standard InChI is InChI=1S/C12H19NO2S/c1-4-11-5-7-12(8-6-11)13-10(2)9-16(3,14)15/h5-8,10,13H,4,9H2,1-3H3. The number of rotatable bonds is 5. The zero-order valence-electron chi connectivity index (χ0n) is 10.0. The Hall–Kier alpha value is -1.03. The van der Waals surface area contributed by atoms with Gasteiger partial charge in [-0.15, -0.1) is 0 Å². The minimum Gasteiger partial charge on any atom is -0.382 e. The molecule has 1 aromatic rings. The van der Waals surface area contributed by atoms with Gasteiger partial charge in [0, 0.05) is 18.0 Å². The molecule has 3 nitrogen and oxygen atoms in total. The Labute approximate surface area is 97.8 Å². The van der Waals surface area contributed by atoms with Crippen molar-refractivity contribution in [2.45, 2.75) is 26.3 Å². The molecule has 0 heterocycles.